The quantitative estimate of drug-likeness (QED) is 0.679. The molecule has 0 fully saturated rings. The highest BCUT2D eigenvalue weighted by Crippen LogP contribution is 2.26. The second-order valence-corrected chi connectivity index (χ2v) is 7.40. The highest BCUT2D eigenvalue weighted by Gasteiger charge is 2.14. The number of aromatic nitrogens is 2. The molecule has 1 amide bonds. The van der Waals surface area contributed by atoms with Gasteiger partial charge in [0.1, 0.15) is 0 Å². The van der Waals surface area contributed by atoms with Crippen LogP contribution in [0, 0.1) is 0 Å². The van der Waals surface area contributed by atoms with Crippen LogP contribution in [0.4, 0.5) is 0 Å². The molecule has 0 radical (unpaired) electrons. The summed E-state index contributed by atoms with van der Waals surface area (Å²) in [7, 11) is 0. The van der Waals surface area contributed by atoms with Crippen molar-refractivity contribution in [3.63, 3.8) is 0 Å². The third-order valence-corrected chi connectivity index (χ3v) is 5.37. The lowest BCUT2D eigenvalue weighted by Gasteiger charge is -2.15. The number of fused-ring (bicyclic) bond motifs is 1. The van der Waals surface area contributed by atoms with Gasteiger partial charge in [-0.3, -0.25) is 4.79 Å². The van der Waals surface area contributed by atoms with Gasteiger partial charge in [0.2, 0.25) is 0 Å². The van der Waals surface area contributed by atoms with Gasteiger partial charge in [0.15, 0.2) is 5.13 Å². The number of thioether (sulfide) groups is 1. The maximum atomic E-state index is 12.4. The largest absolute Gasteiger partial charge is 0.394 e. The van der Waals surface area contributed by atoms with Crippen molar-refractivity contribution >= 4 is 39.2 Å². The van der Waals surface area contributed by atoms with E-state index in [1.54, 1.807) is 29.2 Å². The van der Waals surface area contributed by atoms with E-state index in [0.717, 1.165) is 27.5 Å². The number of amides is 1. The summed E-state index contributed by atoms with van der Waals surface area (Å²) in [4.78, 5) is 17.0. The molecule has 126 valence electrons. The zero-order valence-corrected chi connectivity index (χ0v) is 14.9. The third-order valence-electron chi connectivity index (χ3n) is 3.69. The first-order valence-electron chi connectivity index (χ1n) is 7.66. The van der Waals surface area contributed by atoms with E-state index >= 15 is 0 Å². The summed E-state index contributed by atoms with van der Waals surface area (Å²) in [5.41, 5.74) is 1.47. The summed E-state index contributed by atoms with van der Waals surface area (Å²) >= 11 is 3.24. The predicted molar refractivity (Wildman–Crippen MR) is 100 cm³/mol. The molecule has 0 aliphatic heterocycles. The molecule has 0 aliphatic carbocycles. The third kappa shape index (κ3) is 3.80. The molecule has 1 aromatic carbocycles. The Kier molecular flexibility index (Phi) is 5.55. The maximum absolute atomic E-state index is 12.4. The molecule has 5 nitrogen and oxygen atoms in total. The van der Waals surface area contributed by atoms with Crippen molar-refractivity contribution in [3.05, 3.63) is 48.3 Å². The number of carbonyl (C=O) groups excluding carboxylic acids is 1. The van der Waals surface area contributed by atoms with E-state index in [-0.39, 0.29) is 18.6 Å². The van der Waals surface area contributed by atoms with Gasteiger partial charge in [0.25, 0.3) is 5.91 Å². The summed E-state index contributed by atoms with van der Waals surface area (Å²) in [5, 5.41) is 13.2. The highest BCUT2D eigenvalue weighted by atomic mass is 32.2. The summed E-state index contributed by atoms with van der Waals surface area (Å²) in [5.74, 6) is 0.743. The van der Waals surface area contributed by atoms with Gasteiger partial charge in [-0.25, -0.2) is 4.98 Å². The van der Waals surface area contributed by atoms with Crippen molar-refractivity contribution in [1.82, 2.24) is 14.9 Å². The van der Waals surface area contributed by atoms with Crippen LogP contribution in [0.25, 0.3) is 15.3 Å². The van der Waals surface area contributed by atoms with Gasteiger partial charge in [0, 0.05) is 18.0 Å². The van der Waals surface area contributed by atoms with E-state index in [4.69, 9.17) is 0 Å². The Morgan fingerprint density at radius 1 is 1.42 bits per heavy atom. The second-order valence-electron chi connectivity index (χ2n) is 5.40. The first kappa shape index (κ1) is 17.0. The monoisotopic (exact) mass is 361 g/mol. The van der Waals surface area contributed by atoms with E-state index in [1.807, 2.05) is 47.5 Å². The minimum Gasteiger partial charge on any atom is -0.394 e. The number of aliphatic hydroxyl groups excluding tert-OH is 1. The normalized spacial score (nSPS) is 12.4. The molecular formula is C17H19N3O2S2. The summed E-state index contributed by atoms with van der Waals surface area (Å²) in [6.07, 6.45) is 6.66. The number of hydrogen-bond acceptors (Lipinski definition) is 5. The van der Waals surface area contributed by atoms with Crippen LogP contribution < -0.4 is 5.32 Å². The number of nitrogens with one attached hydrogen (secondary N) is 1. The number of rotatable bonds is 7. The Morgan fingerprint density at radius 3 is 2.92 bits per heavy atom. The lowest BCUT2D eigenvalue weighted by atomic mass is 10.1. The van der Waals surface area contributed by atoms with Crippen LogP contribution in [0.1, 0.15) is 16.8 Å². The summed E-state index contributed by atoms with van der Waals surface area (Å²) in [6.45, 7) is -0.0487. The van der Waals surface area contributed by atoms with Gasteiger partial charge in [0.05, 0.1) is 22.9 Å². The molecule has 2 aromatic heterocycles. The van der Waals surface area contributed by atoms with Gasteiger partial charge in [-0.15, -0.1) is 0 Å². The average molecular weight is 361 g/mol. The van der Waals surface area contributed by atoms with Crippen LogP contribution in [0.15, 0.2) is 42.7 Å². The van der Waals surface area contributed by atoms with Gasteiger partial charge >= 0.3 is 0 Å². The standard InChI is InChI=1S/C17H19N3O2S2/c1-23-9-6-13(11-21)18-16(22)12-4-5-14-15(10-12)24-17(19-14)20-7-2-3-8-20/h2-5,7-8,10,13,21H,6,9,11H2,1H3,(H,18,22)/t13-/m1/s1. The average Bonchev–Trinajstić information content (AvgIpc) is 3.26. The molecule has 7 heteroatoms. The molecule has 0 bridgehead atoms. The lowest BCUT2D eigenvalue weighted by molar-refractivity contribution is 0.0915. The van der Waals surface area contributed by atoms with E-state index in [2.05, 4.69) is 10.3 Å². The molecule has 2 heterocycles. The van der Waals surface area contributed by atoms with Gasteiger partial charge in [-0.1, -0.05) is 11.3 Å². The van der Waals surface area contributed by atoms with Crippen LogP contribution >= 0.6 is 23.1 Å². The van der Waals surface area contributed by atoms with Gasteiger partial charge < -0.3 is 15.0 Å². The van der Waals surface area contributed by atoms with Crippen molar-refractivity contribution in [1.29, 1.82) is 0 Å². The zero-order chi connectivity index (χ0) is 16.9. The topological polar surface area (TPSA) is 67.2 Å². The molecule has 0 spiro atoms. The first-order chi connectivity index (χ1) is 11.7. The molecule has 24 heavy (non-hydrogen) atoms. The SMILES string of the molecule is CSCC[C@H](CO)NC(=O)c1ccc2nc(-n3cccc3)sc2c1. The van der Waals surface area contributed by atoms with Crippen LogP contribution in [0.3, 0.4) is 0 Å². The van der Waals surface area contributed by atoms with Crippen LogP contribution in [-0.4, -0.2) is 45.2 Å². The number of thiazole rings is 1. The first-order valence-corrected chi connectivity index (χ1v) is 9.87. The molecule has 0 saturated heterocycles. The van der Waals surface area contributed by atoms with E-state index in [1.165, 1.54) is 0 Å². The number of hydrogen-bond donors (Lipinski definition) is 2. The molecular weight excluding hydrogens is 342 g/mol. The Hall–Kier alpha value is -1.83. The Morgan fingerprint density at radius 2 is 2.21 bits per heavy atom. The fourth-order valence-corrected chi connectivity index (χ4v) is 3.86. The molecule has 0 aliphatic rings. The number of benzene rings is 1. The van der Waals surface area contributed by atoms with Crippen LogP contribution in [0.2, 0.25) is 0 Å². The molecule has 2 N–H and O–H groups in total. The molecule has 3 rings (SSSR count). The number of aliphatic hydroxyl groups is 1. The van der Waals surface area contributed by atoms with Crippen molar-refractivity contribution in [3.8, 4) is 5.13 Å². The minimum atomic E-state index is -0.211. The Labute approximate surface area is 148 Å². The van der Waals surface area contributed by atoms with Gasteiger partial charge in [-0.05, 0) is 48.8 Å². The van der Waals surface area contributed by atoms with Crippen LogP contribution in [0.5, 0.6) is 0 Å². The van der Waals surface area contributed by atoms with E-state index in [9.17, 15) is 9.90 Å². The second kappa shape index (κ2) is 7.83. The van der Waals surface area contributed by atoms with Gasteiger partial charge in [-0.2, -0.15) is 11.8 Å². The number of carbonyl (C=O) groups is 1. The molecule has 0 saturated carbocycles. The highest BCUT2D eigenvalue weighted by molar-refractivity contribution is 7.98. The van der Waals surface area contributed by atoms with E-state index < -0.39 is 0 Å². The molecule has 3 aromatic rings. The summed E-state index contributed by atoms with van der Waals surface area (Å²) in [6, 6.07) is 9.20. The van der Waals surface area contributed by atoms with Crippen molar-refractivity contribution < 1.29 is 9.90 Å². The Balaban J connectivity index is 1.78. The smallest absolute Gasteiger partial charge is 0.251 e. The fourth-order valence-electron chi connectivity index (χ4n) is 2.36. The summed E-state index contributed by atoms with van der Waals surface area (Å²) < 4.78 is 2.92. The maximum Gasteiger partial charge on any atom is 0.251 e. The zero-order valence-electron chi connectivity index (χ0n) is 13.3. The fraction of sp³-hybridized carbons (Fsp3) is 0.294. The van der Waals surface area contributed by atoms with Crippen LogP contribution in [-0.2, 0) is 0 Å². The molecule has 0 unspecified atom stereocenters. The molecule has 1 atom stereocenters. The lowest BCUT2D eigenvalue weighted by Crippen LogP contribution is -2.37. The Bertz CT molecular complexity index is 814. The predicted octanol–water partition coefficient (Wildman–Crippen LogP) is 2.93. The van der Waals surface area contributed by atoms with E-state index in [0.29, 0.717) is 5.56 Å². The van der Waals surface area contributed by atoms with Crippen molar-refractivity contribution in [2.24, 2.45) is 0 Å². The van der Waals surface area contributed by atoms with Crippen molar-refractivity contribution in [2.75, 3.05) is 18.6 Å². The minimum absolute atomic E-state index is 0.0487. The van der Waals surface area contributed by atoms with Crippen molar-refractivity contribution in [2.45, 2.75) is 12.5 Å². The number of nitrogens with zero attached hydrogens (tertiary/aromatic N) is 2.